The van der Waals surface area contributed by atoms with Gasteiger partial charge in [-0.1, -0.05) is 6.92 Å². The average Bonchev–Trinajstić information content (AvgIpc) is 3.32. The number of ether oxygens (including phenoxy) is 2. The number of aliphatic hydroxyl groups excluding tert-OH is 1. The van der Waals surface area contributed by atoms with Crippen molar-refractivity contribution < 1.29 is 19.4 Å². The Kier molecular flexibility index (Phi) is 7.15. The highest BCUT2D eigenvalue weighted by Crippen LogP contribution is 2.48. The second-order valence-electron chi connectivity index (χ2n) is 10.5. The Labute approximate surface area is 200 Å². The largest absolute Gasteiger partial charge is 0.474 e. The van der Waals surface area contributed by atoms with Crippen LogP contribution in [0.5, 0.6) is 5.88 Å². The summed E-state index contributed by atoms with van der Waals surface area (Å²) in [6, 6.07) is 0.162. The molecule has 2 aromatic heterocycles. The van der Waals surface area contributed by atoms with E-state index in [0.717, 1.165) is 61.6 Å². The summed E-state index contributed by atoms with van der Waals surface area (Å²) in [5, 5.41) is 11.3. The SMILES string of the molecule is CC[C@H](O)C[C@H]1CCc2sc3ncnc(OC4CCC(N(C)C(=O)OC(C)(C)C)CC4)c3c21. The molecule has 0 unspecified atom stereocenters. The third-order valence-electron chi connectivity index (χ3n) is 6.87. The zero-order valence-corrected chi connectivity index (χ0v) is 21.3. The van der Waals surface area contributed by atoms with Crippen molar-refractivity contribution >= 4 is 27.6 Å². The minimum Gasteiger partial charge on any atom is -0.474 e. The quantitative estimate of drug-likeness (QED) is 0.599. The zero-order chi connectivity index (χ0) is 23.8. The van der Waals surface area contributed by atoms with E-state index in [1.54, 1.807) is 22.6 Å². The predicted octanol–water partition coefficient (Wildman–Crippen LogP) is 5.44. The van der Waals surface area contributed by atoms with Crippen molar-refractivity contribution in [1.82, 2.24) is 14.9 Å². The van der Waals surface area contributed by atoms with Crippen molar-refractivity contribution in [1.29, 1.82) is 0 Å². The number of thiophene rings is 1. The van der Waals surface area contributed by atoms with E-state index in [0.29, 0.717) is 11.8 Å². The van der Waals surface area contributed by atoms with Crippen LogP contribution in [0.3, 0.4) is 0 Å². The van der Waals surface area contributed by atoms with Gasteiger partial charge in [-0.25, -0.2) is 14.8 Å². The summed E-state index contributed by atoms with van der Waals surface area (Å²) in [5.41, 5.74) is 0.812. The number of amides is 1. The van der Waals surface area contributed by atoms with Gasteiger partial charge in [-0.05, 0) is 83.6 Å². The molecular weight excluding hydrogens is 438 g/mol. The fourth-order valence-electron chi connectivity index (χ4n) is 5.05. The Morgan fingerprint density at radius 3 is 2.64 bits per heavy atom. The molecule has 8 heteroatoms. The van der Waals surface area contributed by atoms with Crippen LogP contribution in [0.25, 0.3) is 10.2 Å². The first-order valence-corrected chi connectivity index (χ1v) is 13.0. The van der Waals surface area contributed by atoms with Gasteiger partial charge in [0.25, 0.3) is 0 Å². The Balaban J connectivity index is 1.44. The number of rotatable bonds is 6. The van der Waals surface area contributed by atoms with Crippen LogP contribution in [0.4, 0.5) is 4.79 Å². The summed E-state index contributed by atoms with van der Waals surface area (Å²) in [4.78, 5) is 25.6. The first kappa shape index (κ1) is 24.2. The topological polar surface area (TPSA) is 84.8 Å². The molecule has 1 amide bonds. The molecule has 0 aromatic carbocycles. The molecule has 0 saturated heterocycles. The first-order chi connectivity index (χ1) is 15.7. The summed E-state index contributed by atoms with van der Waals surface area (Å²) < 4.78 is 12.0. The number of aliphatic hydroxyl groups is 1. The Morgan fingerprint density at radius 1 is 1.24 bits per heavy atom. The number of aromatic nitrogens is 2. The van der Waals surface area contributed by atoms with Crippen molar-refractivity contribution in [2.24, 2.45) is 0 Å². The van der Waals surface area contributed by atoms with E-state index in [1.165, 1.54) is 10.4 Å². The van der Waals surface area contributed by atoms with Gasteiger partial charge in [0.2, 0.25) is 5.88 Å². The lowest BCUT2D eigenvalue weighted by atomic mass is 9.92. The van der Waals surface area contributed by atoms with E-state index >= 15 is 0 Å². The van der Waals surface area contributed by atoms with E-state index in [9.17, 15) is 9.90 Å². The zero-order valence-electron chi connectivity index (χ0n) is 20.5. The third kappa shape index (κ3) is 5.43. The minimum atomic E-state index is -0.490. The van der Waals surface area contributed by atoms with Crippen LogP contribution in [0.15, 0.2) is 6.33 Å². The maximum atomic E-state index is 12.4. The normalized spacial score (nSPS) is 23.9. The van der Waals surface area contributed by atoms with E-state index in [2.05, 4.69) is 9.97 Å². The summed E-state index contributed by atoms with van der Waals surface area (Å²) >= 11 is 1.74. The van der Waals surface area contributed by atoms with Crippen LogP contribution in [-0.4, -0.2) is 57.0 Å². The van der Waals surface area contributed by atoms with Gasteiger partial charge in [-0.15, -0.1) is 11.3 Å². The Hall–Kier alpha value is -1.93. The van der Waals surface area contributed by atoms with E-state index < -0.39 is 5.60 Å². The molecule has 4 rings (SSSR count). The van der Waals surface area contributed by atoms with Gasteiger partial charge in [0, 0.05) is 18.0 Å². The second-order valence-corrected chi connectivity index (χ2v) is 11.6. The summed E-state index contributed by atoms with van der Waals surface area (Å²) in [5.74, 6) is 1.02. The highest BCUT2D eigenvalue weighted by atomic mass is 32.1. The average molecular weight is 476 g/mol. The maximum Gasteiger partial charge on any atom is 0.410 e. The van der Waals surface area contributed by atoms with Gasteiger partial charge in [0.15, 0.2) is 0 Å². The van der Waals surface area contributed by atoms with Crippen LogP contribution < -0.4 is 4.74 Å². The molecule has 0 spiro atoms. The van der Waals surface area contributed by atoms with Gasteiger partial charge in [0.1, 0.15) is 22.9 Å². The molecule has 7 nitrogen and oxygen atoms in total. The monoisotopic (exact) mass is 475 g/mol. The van der Waals surface area contributed by atoms with Gasteiger partial charge < -0.3 is 19.5 Å². The molecule has 2 atom stereocenters. The minimum absolute atomic E-state index is 0.0722. The molecular formula is C25H37N3O4S. The number of carbonyl (C=O) groups excluding carboxylic acids is 1. The molecule has 1 N–H and O–H groups in total. The predicted molar refractivity (Wildman–Crippen MR) is 130 cm³/mol. The van der Waals surface area contributed by atoms with Crippen LogP contribution in [0.1, 0.15) is 89.0 Å². The Morgan fingerprint density at radius 2 is 1.97 bits per heavy atom. The molecule has 33 heavy (non-hydrogen) atoms. The number of hydrogen-bond donors (Lipinski definition) is 1. The summed E-state index contributed by atoms with van der Waals surface area (Å²) in [6.45, 7) is 7.70. The fourth-order valence-corrected chi connectivity index (χ4v) is 6.28. The highest BCUT2D eigenvalue weighted by Gasteiger charge is 2.33. The molecule has 182 valence electrons. The molecule has 0 aliphatic heterocycles. The standard InChI is InChI=1S/C25H37N3O4S/c1-6-17(29)13-15-7-12-19-20(15)21-22(26-14-27-23(21)33-19)31-18-10-8-16(9-11-18)28(5)24(30)32-25(2,3)4/h14-18,29H,6-13H2,1-5H3/t15-,16?,17+,18?/m1/s1. The first-order valence-electron chi connectivity index (χ1n) is 12.2. The smallest absolute Gasteiger partial charge is 0.410 e. The molecule has 0 radical (unpaired) electrons. The van der Waals surface area contributed by atoms with Crippen LogP contribution in [0, 0.1) is 0 Å². The lowest BCUT2D eigenvalue weighted by Gasteiger charge is -2.35. The molecule has 1 saturated carbocycles. The van der Waals surface area contributed by atoms with Crippen molar-refractivity contribution in [2.75, 3.05) is 7.05 Å². The second kappa shape index (κ2) is 9.74. The molecule has 2 heterocycles. The number of carbonyl (C=O) groups is 1. The van der Waals surface area contributed by atoms with Crippen molar-refractivity contribution in [3.8, 4) is 5.88 Å². The number of fused-ring (bicyclic) bond motifs is 3. The highest BCUT2D eigenvalue weighted by molar-refractivity contribution is 7.19. The molecule has 2 aromatic rings. The third-order valence-corrected chi connectivity index (χ3v) is 8.05. The van der Waals surface area contributed by atoms with Crippen LogP contribution in [-0.2, 0) is 11.2 Å². The van der Waals surface area contributed by atoms with Crippen molar-refractivity contribution in [3.63, 3.8) is 0 Å². The van der Waals surface area contributed by atoms with Crippen molar-refractivity contribution in [3.05, 3.63) is 16.8 Å². The van der Waals surface area contributed by atoms with Crippen molar-refractivity contribution in [2.45, 2.75) is 109 Å². The number of aryl methyl sites for hydroxylation is 1. The molecule has 1 fully saturated rings. The maximum absolute atomic E-state index is 12.4. The van der Waals surface area contributed by atoms with Gasteiger partial charge in [-0.3, -0.25) is 0 Å². The molecule has 0 bridgehead atoms. The van der Waals surface area contributed by atoms with E-state index in [4.69, 9.17) is 9.47 Å². The summed E-state index contributed by atoms with van der Waals surface area (Å²) in [7, 11) is 1.83. The van der Waals surface area contributed by atoms with Gasteiger partial charge >= 0.3 is 6.09 Å². The van der Waals surface area contributed by atoms with Crippen LogP contribution in [0.2, 0.25) is 0 Å². The number of nitrogens with zero attached hydrogens (tertiary/aromatic N) is 3. The Bertz CT molecular complexity index is 978. The fraction of sp³-hybridized carbons (Fsp3) is 0.720. The lowest BCUT2D eigenvalue weighted by molar-refractivity contribution is 0.0137. The lowest BCUT2D eigenvalue weighted by Crippen LogP contribution is -2.43. The van der Waals surface area contributed by atoms with E-state index in [-0.39, 0.29) is 24.3 Å². The molecule has 2 aliphatic rings. The number of hydrogen-bond acceptors (Lipinski definition) is 7. The summed E-state index contributed by atoms with van der Waals surface area (Å²) in [6.07, 6.45) is 8.29. The van der Waals surface area contributed by atoms with E-state index in [1.807, 2.05) is 34.7 Å². The molecule has 2 aliphatic carbocycles. The van der Waals surface area contributed by atoms with Gasteiger partial charge in [0.05, 0.1) is 11.5 Å². The van der Waals surface area contributed by atoms with Gasteiger partial charge in [-0.2, -0.15) is 0 Å². The van der Waals surface area contributed by atoms with Crippen LogP contribution >= 0.6 is 11.3 Å².